The molecule has 1 N–H and O–H groups in total. The van der Waals surface area contributed by atoms with Crippen molar-refractivity contribution >= 4 is 0 Å². The number of rotatable bonds is 2. The van der Waals surface area contributed by atoms with Gasteiger partial charge in [0.1, 0.15) is 24.6 Å². The number of ether oxygens (including phenoxy) is 6. The molecule has 4 aliphatic rings. The van der Waals surface area contributed by atoms with Gasteiger partial charge in [-0.2, -0.15) is 0 Å². The maximum Gasteiger partial charge on any atom is 0.232 e. The van der Waals surface area contributed by atoms with Crippen LogP contribution in [0.15, 0.2) is 23.7 Å². The summed E-state index contributed by atoms with van der Waals surface area (Å²) in [6.07, 6.45) is 3.90. The maximum atomic E-state index is 8.75. The minimum atomic E-state index is -0.577. The zero-order valence-corrected chi connectivity index (χ0v) is 14.8. The Morgan fingerprint density at radius 2 is 1.29 bits per heavy atom. The van der Waals surface area contributed by atoms with Crippen LogP contribution in [0.25, 0.3) is 0 Å². The molecule has 0 unspecified atom stereocenters. The summed E-state index contributed by atoms with van der Waals surface area (Å²) in [7, 11) is 0. The molecule has 136 valence electrons. The van der Waals surface area contributed by atoms with Crippen molar-refractivity contribution in [2.24, 2.45) is 0 Å². The number of allylic oxidation sites excluding steroid dienone is 1. The van der Waals surface area contributed by atoms with Crippen molar-refractivity contribution in [2.45, 2.75) is 77.4 Å². The van der Waals surface area contributed by atoms with Crippen molar-refractivity contribution in [2.75, 3.05) is 6.61 Å². The van der Waals surface area contributed by atoms with Crippen LogP contribution in [0.3, 0.4) is 0 Å². The van der Waals surface area contributed by atoms with Gasteiger partial charge in [-0.15, -0.1) is 0 Å². The highest BCUT2D eigenvalue weighted by Crippen LogP contribution is 2.36. The van der Waals surface area contributed by atoms with Crippen LogP contribution in [-0.2, 0) is 28.4 Å². The van der Waals surface area contributed by atoms with Crippen molar-refractivity contribution in [3.05, 3.63) is 23.7 Å². The molecule has 2 saturated heterocycles. The van der Waals surface area contributed by atoms with Gasteiger partial charge in [0.05, 0.1) is 5.76 Å². The van der Waals surface area contributed by atoms with Gasteiger partial charge < -0.3 is 33.5 Å². The van der Waals surface area contributed by atoms with Crippen LogP contribution < -0.4 is 0 Å². The van der Waals surface area contributed by atoms with Crippen molar-refractivity contribution in [3.8, 4) is 0 Å². The Labute approximate surface area is 142 Å². The monoisotopic (exact) mass is 342 g/mol. The normalized spacial score (nSPS) is 37.4. The molecule has 0 saturated carbocycles. The van der Waals surface area contributed by atoms with E-state index in [0.29, 0.717) is 5.76 Å². The largest absolute Gasteiger partial charge is 0.466 e. The first-order valence-electron chi connectivity index (χ1n) is 8.28. The van der Waals surface area contributed by atoms with E-state index in [9.17, 15) is 0 Å². The quantitative estimate of drug-likeness (QED) is 0.824. The number of aliphatic hydroxyl groups is 1. The summed E-state index contributed by atoms with van der Waals surface area (Å²) in [6.45, 7) is 9.42. The van der Waals surface area contributed by atoms with E-state index in [4.69, 9.17) is 33.5 Å². The van der Waals surface area contributed by atoms with Gasteiger partial charge in [0.15, 0.2) is 11.6 Å². The van der Waals surface area contributed by atoms with Crippen molar-refractivity contribution in [3.63, 3.8) is 0 Å². The van der Waals surface area contributed by atoms with Crippen LogP contribution in [0.4, 0.5) is 0 Å². The highest BCUT2D eigenvalue weighted by Gasteiger charge is 2.46. The highest BCUT2D eigenvalue weighted by atomic mass is 16.8. The average molecular weight is 342 g/mol. The zero-order valence-electron chi connectivity index (χ0n) is 14.8. The summed E-state index contributed by atoms with van der Waals surface area (Å²) < 4.78 is 32.7. The van der Waals surface area contributed by atoms with Gasteiger partial charge in [-0.05, 0) is 39.8 Å². The standard InChI is InChI=1S/C9H14O3.C8H12O4/c1-4-6-5-7-8(10-6)12-9(2,3)11-7;1-8(2)11-6-3-5(4-9)10-7(6)12-8/h5,7-8H,4H2,1-3H3;3,6-7,9H,4H2,1-2H3/t7-,8-;6-,7-/m11/s1. The minimum Gasteiger partial charge on any atom is -0.466 e. The molecule has 2 fully saturated rings. The first-order valence-corrected chi connectivity index (χ1v) is 8.28. The van der Waals surface area contributed by atoms with Crippen molar-refractivity contribution < 1.29 is 33.5 Å². The Hall–Kier alpha value is -1.12. The lowest BCUT2D eigenvalue weighted by Gasteiger charge is -2.17. The molecule has 0 aromatic rings. The molecule has 0 spiro atoms. The fourth-order valence-corrected chi connectivity index (χ4v) is 2.96. The van der Waals surface area contributed by atoms with E-state index < -0.39 is 11.6 Å². The fourth-order valence-electron chi connectivity index (χ4n) is 2.96. The van der Waals surface area contributed by atoms with Gasteiger partial charge in [-0.25, -0.2) is 0 Å². The van der Waals surface area contributed by atoms with Gasteiger partial charge in [0, 0.05) is 6.42 Å². The third-order valence-corrected chi connectivity index (χ3v) is 3.92. The van der Waals surface area contributed by atoms with E-state index in [0.717, 1.165) is 12.2 Å². The first kappa shape index (κ1) is 17.7. The third-order valence-electron chi connectivity index (χ3n) is 3.92. The maximum absolute atomic E-state index is 8.75. The second kappa shape index (κ2) is 6.31. The molecule has 0 bridgehead atoms. The topological polar surface area (TPSA) is 75.6 Å². The average Bonchev–Trinajstić information content (AvgIpc) is 3.14. The smallest absolute Gasteiger partial charge is 0.232 e. The van der Waals surface area contributed by atoms with Gasteiger partial charge in [0.25, 0.3) is 0 Å². The van der Waals surface area contributed by atoms with Crippen LogP contribution in [0, 0.1) is 0 Å². The molecule has 0 aliphatic carbocycles. The first-order chi connectivity index (χ1) is 11.2. The van der Waals surface area contributed by atoms with Gasteiger partial charge in [-0.3, -0.25) is 0 Å². The number of aliphatic hydroxyl groups excluding tert-OH is 1. The van der Waals surface area contributed by atoms with E-state index in [1.807, 2.05) is 33.8 Å². The molecule has 4 heterocycles. The second-order valence-electron chi connectivity index (χ2n) is 6.95. The third kappa shape index (κ3) is 3.75. The lowest BCUT2D eigenvalue weighted by atomic mass is 10.3. The van der Waals surface area contributed by atoms with E-state index in [2.05, 4.69) is 6.92 Å². The molecule has 7 nitrogen and oxygen atoms in total. The summed E-state index contributed by atoms with van der Waals surface area (Å²) in [5.74, 6) is 0.429. The number of hydrogen-bond donors (Lipinski definition) is 1. The van der Waals surface area contributed by atoms with Gasteiger partial charge in [-0.1, -0.05) is 6.92 Å². The van der Waals surface area contributed by atoms with Crippen LogP contribution in [0.5, 0.6) is 0 Å². The molecule has 24 heavy (non-hydrogen) atoms. The molecule has 4 atom stereocenters. The van der Waals surface area contributed by atoms with E-state index in [-0.39, 0.29) is 31.4 Å². The zero-order chi connectivity index (χ0) is 17.5. The minimum absolute atomic E-state index is 0.00468. The van der Waals surface area contributed by atoms with E-state index >= 15 is 0 Å². The SMILES string of the molecule is CC1(C)O[C@H]2OC(CO)=C[C@H]2O1.CCC1=C[C@H]2OC(C)(C)O[C@H]2O1. The van der Waals surface area contributed by atoms with Gasteiger partial charge in [0.2, 0.25) is 12.6 Å². The van der Waals surface area contributed by atoms with Crippen molar-refractivity contribution in [1.29, 1.82) is 0 Å². The fraction of sp³-hybridized carbons (Fsp3) is 0.765. The molecule has 0 aromatic heterocycles. The summed E-state index contributed by atoms with van der Waals surface area (Å²) >= 11 is 0. The molecular formula is C17H26O7. The molecule has 0 amide bonds. The van der Waals surface area contributed by atoms with Crippen LogP contribution in [0.1, 0.15) is 41.0 Å². The van der Waals surface area contributed by atoms with E-state index in [1.54, 1.807) is 6.08 Å². The summed E-state index contributed by atoms with van der Waals surface area (Å²) in [5, 5.41) is 8.75. The van der Waals surface area contributed by atoms with E-state index in [1.165, 1.54) is 0 Å². The number of fused-ring (bicyclic) bond motifs is 2. The lowest BCUT2D eigenvalue weighted by molar-refractivity contribution is -0.182. The van der Waals surface area contributed by atoms with Crippen LogP contribution in [-0.4, -0.2) is 48.1 Å². The summed E-state index contributed by atoms with van der Waals surface area (Å²) in [6, 6.07) is 0. The summed E-state index contributed by atoms with van der Waals surface area (Å²) in [4.78, 5) is 0. The molecule has 4 rings (SSSR count). The van der Waals surface area contributed by atoms with Crippen LogP contribution >= 0.6 is 0 Å². The Bertz CT molecular complexity index is 489. The lowest BCUT2D eigenvalue weighted by Crippen LogP contribution is -2.22. The highest BCUT2D eigenvalue weighted by molar-refractivity contribution is 5.08. The Morgan fingerprint density at radius 1 is 0.833 bits per heavy atom. The Balaban J connectivity index is 0.000000141. The molecular weight excluding hydrogens is 316 g/mol. The van der Waals surface area contributed by atoms with Crippen molar-refractivity contribution in [1.82, 2.24) is 0 Å². The second-order valence-corrected chi connectivity index (χ2v) is 6.95. The predicted octanol–water partition coefficient (Wildman–Crippen LogP) is 2.16. The molecule has 0 aromatic carbocycles. The molecule has 4 aliphatic heterocycles. The predicted molar refractivity (Wildman–Crippen MR) is 83.4 cm³/mol. The molecule has 0 radical (unpaired) electrons. The molecule has 7 heteroatoms. The van der Waals surface area contributed by atoms with Gasteiger partial charge >= 0.3 is 0 Å². The Morgan fingerprint density at radius 3 is 1.71 bits per heavy atom. The number of hydrogen-bond acceptors (Lipinski definition) is 7. The Kier molecular flexibility index (Phi) is 4.65. The van der Waals surface area contributed by atoms with Crippen LogP contribution in [0.2, 0.25) is 0 Å². The summed E-state index contributed by atoms with van der Waals surface area (Å²) in [5.41, 5.74) is 0.